The van der Waals surface area contributed by atoms with Gasteiger partial charge in [-0.15, -0.1) is 0 Å². The number of ketones is 1. The lowest BCUT2D eigenvalue weighted by atomic mass is 9.95. The maximum Gasteiger partial charge on any atom is 0.295 e. The number of carbonyl (C=O) groups excluding carboxylic acids is 2. The Balaban J connectivity index is 2.14. The molecule has 1 aliphatic heterocycles. The minimum absolute atomic E-state index is 0.0144. The summed E-state index contributed by atoms with van der Waals surface area (Å²) < 4.78 is 36.4. The van der Waals surface area contributed by atoms with Crippen molar-refractivity contribution in [2.45, 2.75) is 24.3 Å². The molecule has 0 saturated carbocycles. The summed E-state index contributed by atoms with van der Waals surface area (Å²) in [5, 5.41) is 21.3. The average Bonchev–Trinajstić information content (AvgIpc) is 3.10. The monoisotopic (exact) mass is 518 g/mol. The van der Waals surface area contributed by atoms with Crippen molar-refractivity contribution in [3.63, 3.8) is 0 Å². The van der Waals surface area contributed by atoms with Gasteiger partial charge in [0.05, 0.1) is 23.1 Å². The highest BCUT2D eigenvalue weighted by atomic mass is 32.2. The summed E-state index contributed by atoms with van der Waals surface area (Å²) in [4.78, 5) is 27.5. The first kappa shape index (κ1) is 27.2. The van der Waals surface area contributed by atoms with E-state index in [0.29, 0.717) is 18.6 Å². The van der Waals surface area contributed by atoms with E-state index in [2.05, 4.69) is 0 Å². The van der Waals surface area contributed by atoms with Crippen molar-refractivity contribution >= 4 is 27.5 Å². The summed E-state index contributed by atoms with van der Waals surface area (Å²) in [7, 11) is 0.648. The molecule has 0 radical (unpaired) electrons. The van der Waals surface area contributed by atoms with Gasteiger partial charge >= 0.3 is 0 Å². The van der Waals surface area contributed by atoms with Crippen LogP contribution in [0.25, 0.3) is 5.76 Å². The largest absolute Gasteiger partial charge is 0.507 e. The maximum atomic E-state index is 13.1. The summed E-state index contributed by atoms with van der Waals surface area (Å²) in [6.07, 6.45) is 0.452. The molecule has 0 aliphatic carbocycles. The maximum absolute atomic E-state index is 13.1. The normalized spacial score (nSPS) is 17.7. The molecule has 3 rings (SSSR count). The highest BCUT2D eigenvalue weighted by Crippen LogP contribution is 2.42. The van der Waals surface area contributed by atoms with E-state index in [1.165, 1.54) is 62.5 Å². The van der Waals surface area contributed by atoms with Gasteiger partial charge < -0.3 is 24.6 Å². The molecule has 0 aromatic heterocycles. The molecule has 0 bridgehead atoms. The van der Waals surface area contributed by atoms with Crippen molar-refractivity contribution in [3.8, 4) is 11.5 Å². The summed E-state index contributed by atoms with van der Waals surface area (Å²) in [6, 6.07) is 8.93. The Bertz CT molecular complexity index is 1270. The van der Waals surface area contributed by atoms with Crippen LogP contribution in [0.3, 0.4) is 0 Å². The van der Waals surface area contributed by atoms with E-state index in [1.807, 2.05) is 0 Å². The first-order valence-corrected chi connectivity index (χ1v) is 12.7. The molecule has 2 aromatic carbocycles. The number of nitrogens with zero attached hydrogens (tertiary/aromatic N) is 2. The summed E-state index contributed by atoms with van der Waals surface area (Å²) >= 11 is 0. The quantitative estimate of drug-likeness (QED) is 0.212. The standard InChI is InChI=1S/C25H30N2O8S/c1-5-35-20-15-17(9-12-19(20)28)22-21(24(30)25(31)27(22)13-6-14-34-4)23(29)16-7-10-18(11-8-16)36(32,33)26(2)3/h7-12,15,22,28-29H,5-6,13-14H2,1-4H3/t22-/m0/s1. The van der Waals surface area contributed by atoms with Crippen LogP contribution < -0.4 is 4.74 Å². The number of amides is 1. The number of methoxy groups -OCH3 is 1. The number of Topliss-reactive ketones (excluding diaryl/α,β-unsaturated/α-hetero) is 1. The number of benzene rings is 2. The van der Waals surface area contributed by atoms with Crippen molar-refractivity contribution in [2.24, 2.45) is 0 Å². The van der Waals surface area contributed by atoms with E-state index in [-0.39, 0.29) is 40.7 Å². The second-order valence-corrected chi connectivity index (χ2v) is 10.5. The van der Waals surface area contributed by atoms with E-state index in [9.17, 15) is 28.2 Å². The summed E-state index contributed by atoms with van der Waals surface area (Å²) in [6.45, 7) is 2.58. The highest BCUT2D eigenvalue weighted by molar-refractivity contribution is 7.89. The second-order valence-electron chi connectivity index (χ2n) is 8.31. The molecular weight excluding hydrogens is 488 g/mol. The summed E-state index contributed by atoms with van der Waals surface area (Å²) in [5.41, 5.74) is 0.492. The third-order valence-electron chi connectivity index (χ3n) is 5.79. The Morgan fingerprint density at radius 3 is 2.36 bits per heavy atom. The number of phenolic OH excluding ortho intramolecular Hbond substituents is 1. The van der Waals surface area contributed by atoms with Crippen molar-refractivity contribution in [3.05, 3.63) is 59.2 Å². The number of aliphatic hydroxyl groups is 1. The molecule has 2 aromatic rings. The van der Waals surface area contributed by atoms with E-state index in [0.717, 1.165) is 4.31 Å². The van der Waals surface area contributed by atoms with E-state index in [1.54, 1.807) is 13.0 Å². The number of hydrogen-bond acceptors (Lipinski definition) is 8. The fraction of sp³-hybridized carbons (Fsp3) is 0.360. The molecule has 1 atom stereocenters. The highest BCUT2D eigenvalue weighted by Gasteiger charge is 2.46. The number of hydrogen-bond donors (Lipinski definition) is 2. The van der Waals surface area contributed by atoms with Crippen LogP contribution in [0.5, 0.6) is 11.5 Å². The molecule has 36 heavy (non-hydrogen) atoms. The van der Waals surface area contributed by atoms with Crippen LogP contribution in [0.1, 0.15) is 30.5 Å². The van der Waals surface area contributed by atoms with Crippen LogP contribution in [0.15, 0.2) is 52.9 Å². The third-order valence-corrected chi connectivity index (χ3v) is 7.62. The van der Waals surface area contributed by atoms with Crippen molar-refractivity contribution in [1.29, 1.82) is 0 Å². The third kappa shape index (κ3) is 5.23. The smallest absolute Gasteiger partial charge is 0.295 e. The van der Waals surface area contributed by atoms with Gasteiger partial charge in [0, 0.05) is 39.9 Å². The van der Waals surface area contributed by atoms with Crippen LogP contribution in [0.2, 0.25) is 0 Å². The number of ether oxygens (including phenoxy) is 2. The van der Waals surface area contributed by atoms with Crippen molar-refractivity contribution < 1.29 is 37.7 Å². The minimum Gasteiger partial charge on any atom is -0.507 e. The van der Waals surface area contributed by atoms with Crippen LogP contribution in [-0.2, 0) is 24.3 Å². The fourth-order valence-electron chi connectivity index (χ4n) is 3.96. The SMILES string of the molecule is CCOc1cc([C@H]2C(=C(O)c3ccc(S(=O)(=O)N(C)C)cc3)C(=O)C(=O)N2CCCOC)ccc1O. The first-order valence-electron chi connectivity index (χ1n) is 11.3. The van der Waals surface area contributed by atoms with Crippen molar-refractivity contribution in [2.75, 3.05) is 41.0 Å². The van der Waals surface area contributed by atoms with Crippen LogP contribution in [0.4, 0.5) is 0 Å². The van der Waals surface area contributed by atoms with Crippen LogP contribution in [0, 0.1) is 0 Å². The van der Waals surface area contributed by atoms with Gasteiger partial charge in [-0.3, -0.25) is 9.59 Å². The number of phenols is 1. The van der Waals surface area contributed by atoms with E-state index >= 15 is 0 Å². The Hall–Kier alpha value is -3.41. The van der Waals surface area contributed by atoms with Crippen LogP contribution in [-0.4, -0.2) is 80.5 Å². The van der Waals surface area contributed by atoms with Gasteiger partial charge in [-0.2, -0.15) is 0 Å². The molecule has 1 heterocycles. The number of sulfonamides is 1. The number of aromatic hydroxyl groups is 1. The zero-order chi connectivity index (χ0) is 26.6. The Morgan fingerprint density at radius 1 is 1.11 bits per heavy atom. The lowest BCUT2D eigenvalue weighted by Crippen LogP contribution is -2.31. The van der Waals surface area contributed by atoms with Gasteiger partial charge in [-0.25, -0.2) is 12.7 Å². The van der Waals surface area contributed by atoms with Gasteiger partial charge in [-0.05, 0) is 55.3 Å². The minimum atomic E-state index is -3.69. The summed E-state index contributed by atoms with van der Waals surface area (Å²) in [5.74, 6) is -2.01. The molecular formula is C25H30N2O8S. The van der Waals surface area contributed by atoms with Gasteiger partial charge in [0.1, 0.15) is 5.76 Å². The molecule has 0 spiro atoms. The van der Waals surface area contributed by atoms with Gasteiger partial charge in [0.15, 0.2) is 11.5 Å². The molecule has 2 N–H and O–H groups in total. The fourth-order valence-corrected chi connectivity index (χ4v) is 4.86. The molecule has 10 nitrogen and oxygen atoms in total. The molecule has 194 valence electrons. The van der Waals surface area contributed by atoms with Gasteiger partial charge in [-0.1, -0.05) is 6.07 Å². The van der Waals surface area contributed by atoms with Gasteiger partial charge in [0.2, 0.25) is 10.0 Å². The Labute approximate surface area is 210 Å². The van der Waals surface area contributed by atoms with E-state index < -0.39 is 33.5 Å². The van der Waals surface area contributed by atoms with Crippen molar-refractivity contribution in [1.82, 2.24) is 9.21 Å². The molecule has 1 aliphatic rings. The second kappa shape index (κ2) is 11.1. The van der Waals surface area contributed by atoms with Crippen LogP contribution >= 0.6 is 0 Å². The average molecular weight is 519 g/mol. The predicted octanol–water partition coefficient (Wildman–Crippen LogP) is 2.50. The molecule has 0 unspecified atom stereocenters. The number of carbonyl (C=O) groups is 2. The lowest BCUT2D eigenvalue weighted by molar-refractivity contribution is -0.140. The Kier molecular flexibility index (Phi) is 8.39. The predicted molar refractivity (Wildman–Crippen MR) is 132 cm³/mol. The number of rotatable bonds is 10. The lowest BCUT2D eigenvalue weighted by Gasteiger charge is -2.25. The van der Waals surface area contributed by atoms with Gasteiger partial charge in [0.25, 0.3) is 11.7 Å². The van der Waals surface area contributed by atoms with E-state index in [4.69, 9.17) is 9.47 Å². The molecule has 1 saturated heterocycles. The molecule has 11 heteroatoms. The molecule has 1 amide bonds. The number of aliphatic hydroxyl groups excluding tert-OH is 1. The zero-order valence-corrected chi connectivity index (χ0v) is 21.4. The molecule has 1 fully saturated rings. The topological polar surface area (TPSA) is 134 Å². The first-order chi connectivity index (χ1) is 17.0. The number of likely N-dealkylation sites (tertiary alicyclic amines) is 1. The Morgan fingerprint density at radius 2 is 1.78 bits per heavy atom. The zero-order valence-electron chi connectivity index (χ0n) is 20.6.